The van der Waals surface area contributed by atoms with E-state index in [1.807, 2.05) is 24.3 Å². The molecule has 0 heterocycles. The monoisotopic (exact) mass is 294 g/mol. The van der Waals surface area contributed by atoms with Crippen molar-refractivity contribution in [2.75, 3.05) is 5.08 Å². The second-order valence-corrected chi connectivity index (χ2v) is 5.80. The Morgan fingerprint density at radius 2 is 1.78 bits per heavy atom. The Hall–Kier alpha value is -0.900. The first-order valence-electron chi connectivity index (χ1n) is 5.35. The fourth-order valence-electron chi connectivity index (χ4n) is 1.61. The van der Waals surface area contributed by atoms with Gasteiger partial charge in [-0.05, 0) is 36.4 Å². The van der Waals surface area contributed by atoms with Gasteiger partial charge in [0, 0.05) is 26.1 Å². The molecule has 0 saturated carbocycles. The zero-order valence-corrected chi connectivity index (χ0v) is 11.9. The zero-order chi connectivity index (χ0) is 13.0. The molecule has 0 aliphatic rings. The molecule has 0 N–H and O–H groups in total. The van der Waals surface area contributed by atoms with Crippen LogP contribution >= 0.6 is 36.0 Å². The van der Waals surface area contributed by atoms with Gasteiger partial charge in [-0.25, -0.2) is 0 Å². The van der Waals surface area contributed by atoms with E-state index in [-0.39, 0.29) is 5.78 Å². The van der Waals surface area contributed by atoms with E-state index in [0.717, 1.165) is 4.90 Å². The van der Waals surface area contributed by atoms with E-state index in [2.05, 4.69) is 12.6 Å². The summed E-state index contributed by atoms with van der Waals surface area (Å²) in [6.45, 7) is 0. The van der Waals surface area contributed by atoms with Gasteiger partial charge in [-0.15, -0.1) is 11.8 Å². The summed E-state index contributed by atoms with van der Waals surface area (Å²) in [6, 6.07) is 14.5. The van der Waals surface area contributed by atoms with Crippen LogP contribution in [0.15, 0.2) is 53.4 Å². The fraction of sp³-hybridized carbons (Fsp3) is 0.0714. The number of carbonyl (C=O) groups is 1. The topological polar surface area (TPSA) is 17.1 Å². The summed E-state index contributed by atoms with van der Waals surface area (Å²) < 4.78 is 0. The Morgan fingerprint density at radius 3 is 2.44 bits per heavy atom. The van der Waals surface area contributed by atoms with Crippen molar-refractivity contribution in [2.45, 2.75) is 4.90 Å². The van der Waals surface area contributed by atoms with Crippen molar-refractivity contribution in [3.63, 3.8) is 0 Å². The highest BCUT2D eigenvalue weighted by molar-refractivity contribution is 8.09. The van der Waals surface area contributed by atoms with Crippen molar-refractivity contribution in [1.29, 1.82) is 0 Å². The third-order valence-electron chi connectivity index (χ3n) is 2.46. The van der Waals surface area contributed by atoms with Gasteiger partial charge in [-0.2, -0.15) is 12.6 Å². The first-order valence-corrected chi connectivity index (χ1v) is 7.35. The van der Waals surface area contributed by atoms with Gasteiger partial charge in [0.15, 0.2) is 5.78 Å². The van der Waals surface area contributed by atoms with Crippen molar-refractivity contribution in [1.82, 2.24) is 0 Å². The molecule has 18 heavy (non-hydrogen) atoms. The predicted octanol–water partition coefficient (Wildman–Crippen LogP) is 4.55. The van der Waals surface area contributed by atoms with Gasteiger partial charge in [0.2, 0.25) is 0 Å². The first kappa shape index (κ1) is 13.5. The van der Waals surface area contributed by atoms with E-state index >= 15 is 0 Å². The summed E-state index contributed by atoms with van der Waals surface area (Å²) in [5, 5.41) is 1.27. The molecule has 0 amide bonds. The van der Waals surface area contributed by atoms with Crippen molar-refractivity contribution in [3.8, 4) is 0 Å². The number of hydrogen-bond donors (Lipinski definition) is 1. The molecule has 0 saturated heterocycles. The van der Waals surface area contributed by atoms with Crippen molar-refractivity contribution in [2.24, 2.45) is 0 Å². The lowest BCUT2D eigenvalue weighted by Crippen LogP contribution is -2.02. The Bertz CT molecular complexity index is 552. The van der Waals surface area contributed by atoms with Crippen LogP contribution in [0.1, 0.15) is 15.9 Å². The molecule has 2 aromatic carbocycles. The number of carbonyl (C=O) groups excluding carboxylic acids is 1. The molecule has 0 unspecified atom stereocenters. The number of rotatable bonds is 4. The number of ketones is 1. The van der Waals surface area contributed by atoms with Crippen LogP contribution in [0, 0.1) is 0 Å². The molecule has 0 aromatic heterocycles. The predicted molar refractivity (Wildman–Crippen MR) is 81.0 cm³/mol. The standard InChI is InChI=1S/C14H11ClOS2/c15-11-7-5-10(6-8-11)14(16)12-3-1-2-4-13(12)18-9-17/h1-8,17H,9H2. The van der Waals surface area contributed by atoms with Gasteiger partial charge in [0.05, 0.1) is 0 Å². The molecule has 1 nitrogen and oxygen atoms in total. The Balaban J connectivity index is 2.36. The van der Waals surface area contributed by atoms with E-state index in [1.165, 1.54) is 0 Å². The summed E-state index contributed by atoms with van der Waals surface area (Å²) in [5.41, 5.74) is 1.35. The lowest BCUT2D eigenvalue weighted by atomic mass is 10.0. The van der Waals surface area contributed by atoms with Crippen molar-refractivity contribution >= 4 is 41.8 Å². The fourth-order valence-corrected chi connectivity index (χ4v) is 2.78. The van der Waals surface area contributed by atoms with Gasteiger partial charge in [-0.3, -0.25) is 4.79 Å². The molecule has 4 heteroatoms. The van der Waals surface area contributed by atoms with Gasteiger partial charge in [0.1, 0.15) is 0 Å². The summed E-state index contributed by atoms with van der Waals surface area (Å²) in [6.07, 6.45) is 0. The summed E-state index contributed by atoms with van der Waals surface area (Å²) in [5.74, 6) is 0.0107. The molecule has 2 aromatic rings. The van der Waals surface area contributed by atoms with E-state index < -0.39 is 0 Å². The Morgan fingerprint density at radius 1 is 1.11 bits per heavy atom. The summed E-state index contributed by atoms with van der Waals surface area (Å²) in [4.78, 5) is 13.3. The third kappa shape index (κ3) is 3.10. The van der Waals surface area contributed by atoms with Crippen LogP contribution in [-0.2, 0) is 0 Å². The molecular weight excluding hydrogens is 284 g/mol. The lowest BCUT2D eigenvalue weighted by molar-refractivity contribution is 0.103. The van der Waals surface area contributed by atoms with Crippen LogP contribution in [0.3, 0.4) is 0 Å². The average molecular weight is 295 g/mol. The van der Waals surface area contributed by atoms with Crippen LogP contribution < -0.4 is 0 Å². The number of benzene rings is 2. The molecule has 2 rings (SSSR count). The summed E-state index contributed by atoms with van der Waals surface area (Å²) >= 11 is 11.5. The molecule has 0 aliphatic heterocycles. The Kier molecular flexibility index (Phi) is 4.75. The second kappa shape index (κ2) is 6.32. The van der Waals surface area contributed by atoms with Crippen molar-refractivity contribution < 1.29 is 4.79 Å². The number of thiol groups is 1. The smallest absolute Gasteiger partial charge is 0.194 e. The molecule has 0 spiro atoms. The van der Waals surface area contributed by atoms with Crippen LogP contribution in [0.2, 0.25) is 5.02 Å². The number of halogens is 1. The maximum Gasteiger partial charge on any atom is 0.194 e. The maximum atomic E-state index is 12.4. The maximum absolute atomic E-state index is 12.4. The molecule has 0 fully saturated rings. The molecule has 0 atom stereocenters. The minimum absolute atomic E-state index is 0.0107. The Labute approximate surface area is 121 Å². The quantitative estimate of drug-likeness (QED) is 0.386. The molecule has 0 aliphatic carbocycles. The van der Waals surface area contributed by atoms with E-state index in [9.17, 15) is 4.79 Å². The van der Waals surface area contributed by atoms with Crippen LogP contribution in [0.5, 0.6) is 0 Å². The number of thioether (sulfide) groups is 1. The molecular formula is C14H11ClOS2. The minimum atomic E-state index is 0.0107. The molecule has 92 valence electrons. The third-order valence-corrected chi connectivity index (χ3v) is 3.89. The van der Waals surface area contributed by atoms with E-state index in [0.29, 0.717) is 21.2 Å². The van der Waals surface area contributed by atoms with Gasteiger partial charge in [-0.1, -0.05) is 23.7 Å². The zero-order valence-electron chi connectivity index (χ0n) is 9.47. The highest BCUT2D eigenvalue weighted by Gasteiger charge is 2.12. The molecule has 0 bridgehead atoms. The van der Waals surface area contributed by atoms with E-state index in [1.54, 1.807) is 36.0 Å². The molecule has 0 radical (unpaired) electrons. The van der Waals surface area contributed by atoms with E-state index in [4.69, 9.17) is 11.6 Å². The van der Waals surface area contributed by atoms with Crippen LogP contribution in [0.4, 0.5) is 0 Å². The highest BCUT2D eigenvalue weighted by Crippen LogP contribution is 2.25. The normalized spacial score (nSPS) is 10.3. The summed E-state index contributed by atoms with van der Waals surface area (Å²) in [7, 11) is 0. The number of hydrogen-bond acceptors (Lipinski definition) is 3. The largest absolute Gasteiger partial charge is 0.289 e. The van der Waals surface area contributed by atoms with Crippen LogP contribution in [0.25, 0.3) is 0 Å². The lowest BCUT2D eigenvalue weighted by Gasteiger charge is -2.07. The highest BCUT2D eigenvalue weighted by atomic mass is 35.5. The van der Waals surface area contributed by atoms with Gasteiger partial charge >= 0.3 is 0 Å². The van der Waals surface area contributed by atoms with Gasteiger partial charge < -0.3 is 0 Å². The van der Waals surface area contributed by atoms with Crippen LogP contribution in [-0.4, -0.2) is 10.9 Å². The minimum Gasteiger partial charge on any atom is -0.289 e. The van der Waals surface area contributed by atoms with Gasteiger partial charge in [0.25, 0.3) is 0 Å². The van der Waals surface area contributed by atoms with Crippen molar-refractivity contribution in [3.05, 3.63) is 64.7 Å². The average Bonchev–Trinajstić information content (AvgIpc) is 2.40. The SMILES string of the molecule is O=C(c1ccc(Cl)cc1)c1ccccc1SCS. The second-order valence-electron chi connectivity index (χ2n) is 3.61. The first-order chi connectivity index (χ1) is 8.72.